The van der Waals surface area contributed by atoms with E-state index in [0.717, 1.165) is 10.0 Å². The van der Waals surface area contributed by atoms with E-state index in [4.69, 9.17) is 0 Å². The van der Waals surface area contributed by atoms with Gasteiger partial charge in [0.15, 0.2) is 5.03 Å². The van der Waals surface area contributed by atoms with Crippen LogP contribution in [0.25, 0.3) is 0 Å². The van der Waals surface area contributed by atoms with Gasteiger partial charge in [-0.3, -0.25) is 4.68 Å². The summed E-state index contributed by atoms with van der Waals surface area (Å²) in [5, 5.41) is 3.99. The summed E-state index contributed by atoms with van der Waals surface area (Å²) < 4.78 is 28.8. The van der Waals surface area contributed by atoms with E-state index < -0.39 is 10.0 Å². The lowest BCUT2D eigenvalue weighted by molar-refractivity contribution is 0.563. The Bertz CT molecular complexity index is 635. The van der Waals surface area contributed by atoms with Crippen molar-refractivity contribution in [2.75, 3.05) is 0 Å². The highest BCUT2D eigenvalue weighted by molar-refractivity contribution is 9.10. The van der Waals surface area contributed by atoms with Gasteiger partial charge in [0.05, 0.1) is 6.20 Å². The van der Waals surface area contributed by atoms with E-state index in [9.17, 15) is 8.42 Å². The number of nitrogens with zero attached hydrogens (tertiary/aromatic N) is 2. The van der Waals surface area contributed by atoms with E-state index >= 15 is 0 Å². The lowest BCUT2D eigenvalue weighted by Crippen LogP contribution is -2.25. The number of rotatable bonds is 4. The van der Waals surface area contributed by atoms with Gasteiger partial charge in [-0.1, -0.05) is 28.1 Å². The maximum absolute atomic E-state index is 12.0. The molecule has 0 saturated heterocycles. The van der Waals surface area contributed by atoms with Crippen molar-refractivity contribution < 1.29 is 8.42 Å². The molecule has 18 heavy (non-hydrogen) atoms. The standard InChI is InChI=1S/C11H12BrN3O2S/c1-15-11(6-7-13-15)18(16,17)14-8-9-2-4-10(12)5-3-9/h2-7,14H,8H2,1H3. The molecule has 1 aromatic carbocycles. The van der Waals surface area contributed by atoms with Crippen molar-refractivity contribution in [1.29, 1.82) is 0 Å². The molecule has 1 aromatic heterocycles. The molecular formula is C11H12BrN3O2S. The lowest BCUT2D eigenvalue weighted by Gasteiger charge is -2.06. The predicted octanol–water partition coefficient (Wildman–Crippen LogP) is 1.66. The lowest BCUT2D eigenvalue weighted by atomic mass is 10.2. The number of halogens is 1. The van der Waals surface area contributed by atoms with Gasteiger partial charge < -0.3 is 0 Å². The molecule has 96 valence electrons. The SMILES string of the molecule is Cn1nccc1S(=O)(=O)NCc1ccc(Br)cc1. The highest BCUT2D eigenvalue weighted by Crippen LogP contribution is 2.11. The second kappa shape index (κ2) is 5.21. The van der Waals surface area contributed by atoms with E-state index in [1.165, 1.54) is 16.9 Å². The molecule has 0 fully saturated rings. The first-order valence-electron chi connectivity index (χ1n) is 5.21. The molecule has 7 heteroatoms. The van der Waals surface area contributed by atoms with Crippen LogP contribution in [0.2, 0.25) is 0 Å². The van der Waals surface area contributed by atoms with Crippen LogP contribution in [-0.2, 0) is 23.6 Å². The van der Waals surface area contributed by atoms with Gasteiger partial charge in [-0.25, -0.2) is 13.1 Å². The van der Waals surface area contributed by atoms with Crippen molar-refractivity contribution in [2.45, 2.75) is 11.6 Å². The predicted molar refractivity (Wildman–Crippen MR) is 71.4 cm³/mol. The third-order valence-electron chi connectivity index (χ3n) is 2.43. The van der Waals surface area contributed by atoms with Crippen molar-refractivity contribution >= 4 is 26.0 Å². The minimum Gasteiger partial charge on any atom is -0.256 e. The molecule has 5 nitrogen and oxygen atoms in total. The van der Waals surface area contributed by atoms with Gasteiger partial charge in [0.1, 0.15) is 0 Å². The van der Waals surface area contributed by atoms with Gasteiger partial charge in [-0.15, -0.1) is 0 Å². The molecule has 0 unspecified atom stereocenters. The molecule has 0 amide bonds. The normalized spacial score (nSPS) is 11.7. The van der Waals surface area contributed by atoms with Crippen LogP contribution in [-0.4, -0.2) is 18.2 Å². The quantitative estimate of drug-likeness (QED) is 0.927. The number of hydrogen-bond donors (Lipinski definition) is 1. The van der Waals surface area contributed by atoms with Gasteiger partial charge in [0.25, 0.3) is 10.0 Å². The van der Waals surface area contributed by atoms with Gasteiger partial charge in [-0.05, 0) is 23.8 Å². The zero-order valence-electron chi connectivity index (χ0n) is 9.67. The molecule has 1 N–H and O–H groups in total. The molecule has 0 aliphatic rings. The minimum absolute atomic E-state index is 0.152. The van der Waals surface area contributed by atoms with Crippen LogP contribution in [0.4, 0.5) is 0 Å². The van der Waals surface area contributed by atoms with Crippen LogP contribution >= 0.6 is 15.9 Å². The number of aryl methyl sites for hydroxylation is 1. The third kappa shape index (κ3) is 2.98. The summed E-state index contributed by atoms with van der Waals surface area (Å²) in [5.74, 6) is 0. The zero-order valence-corrected chi connectivity index (χ0v) is 12.1. The first kappa shape index (κ1) is 13.3. The van der Waals surface area contributed by atoms with Crippen molar-refractivity contribution in [3.8, 4) is 0 Å². The molecule has 0 aliphatic carbocycles. The first-order valence-corrected chi connectivity index (χ1v) is 7.49. The van der Waals surface area contributed by atoms with Gasteiger partial charge in [-0.2, -0.15) is 5.10 Å². The highest BCUT2D eigenvalue weighted by atomic mass is 79.9. The van der Waals surface area contributed by atoms with Crippen LogP contribution in [0.5, 0.6) is 0 Å². The van der Waals surface area contributed by atoms with Crippen molar-refractivity contribution in [1.82, 2.24) is 14.5 Å². The van der Waals surface area contributed by atoms with Gasteiger partial charge in [0.2, 0.25) is 0 Å². The smallest absolute Gasteiger partial charge is 0.256 e. The Morgan fingerprint density at radius 1 is 1.28 bits per heavy atom. The number of benzene rings is 1. The van der Waals surface area contributed by atoms with Crippen LogP contribution in [0.3, 0.4) is 0 Å². The van der Waals surface area contributed by atoms with E-state index in [-0.39, 0.29) is 11.6 Å². The summed E-state index contributed by atoms with van der Waals surface area (Å²) in [6.45, 7) is 0.251. The fourth-order valence-electron chi connectivity index (χ4n) is 1.48. The fourth-order valence-corrected chi connectivity index (χ4v) is 2.88. The largest absolute Gasteiger partial charge is 0.258 e. The Hall–Kier alpha value is -1.18. The minimum atomic E-state index is -3.52. The van der Waals surface area contributed by atoms with E-state index in [1.807, 2.05) is 24.3 Å². The Kier molecular flexibility index (Phi) is 3.84. The summed E-state index contributed by atoms with van der Waals surface area (Å²) in [4.78, 5) is 0. The van der Waals surface area contributed by atoms with Crippen molar-refractivity contribution in [3.63, 3.8) is 0 Å². The van der Waals surface area contributed by atoms with Crippen LogP contribution < -0.4 is 4.72 Å². The fraction of sp³-hybridized carbons (Fsp3) is 0.182. The maximum atomic E-state index is 12.0. The Morgan fingerprint density at radius 2 is 1.94 bits per heavy atom. The monoisotopic (exact) mass is 329 g/mol. The third-order valence-corrected chi connectivity index (χ3v) is 4.43. The second-order valence-corrected chi connectivity index (χ2v) is 6.37. The molecule has 0 spiro atoms. The summed E-state index contributed by atoms with van der Waals surface area (Å²) in [6, 6.07) is 8.91. The second-order valence-electron chi connectivity index (χ2n) is 3.74. The van der Waals surface area contributed by atoms with Crippen molar-refractivity contribution in [2.24, 2.45) is 7.05 Å². The highest BCUT2D eigenvalue weighted by Gasteiger charge is 2.17. The first-order chi connectivity index (χ1) is 8.49. The Morgan fingerprint density at radius 3 is 2.50 bits per heavy atom. The van der Waals surface area contributed by atoms with E-state index in [1.54, 1.807) is 7.05 Å². The summed E-state index contributed by atoms with van der Waals surface area (Å²) in [7, 11) is -1.93. The van der Waals surface area contributed by atoms with Crippen LogP contribution in [0.15, 0.2) is 46.0 Å². The molecule has 1 heterocycles. The number of hydrogen-bond acceptors (Lipinski definition) is 3. The number of nitrogens with one attached hydrogen (secondary N) is 1. The van der Waals surface area contributed by atoms with Crippen molar-refractivity contribution in [3.05, 3.63) is 46.6 Å². The maximum Gasteiger partial charge on any atom is 0.258 e. The average molecular weight is 330 g/mol. The summed E-state index contributed by atoms with van der Waals surface area (Å²) in [6.07, 6.45) is 1.45. The summed E-state index contributed by atoms with van der Waals surface area (Å²) >= 11 is 3.33. The molecular weight excluding hydrogens is 318 g/mol. The Balaban J connectivity index is 2.11. The topological polar surface area (TPSA) is 64.0 Å². The molecule has 0 radical (unpaired) electrons. The molecule has 0 bridgehead atoms. The zero-order chi connectivity index (χ0) is 13.2. The van der Waals surface area contributed by atoms with Crippen LogP contribution in [0, 0.1) is 0 Å². The van der Waals surface area contributed by atoms with Gasteiger partial charge >= 0.3 is 0 Å². The average Bonchev–Trinajstić information content (AvgIpc) is 2.76. The molecule has 0 aliphatic heterocycles. The molecule has 2 aromatic rings. The molecule has 0 saturated carbocycles. The van der Waals surface area contributed by atoms with Gasteiger partial charge in [0, 0.05) is 18.1 Å². The summed E-state index contributed by atoms with van der Waals surface area (Å²) in [5.41, 5.74) is 0.893. The molecule has 2 rings (SSSR count). The molecule has 0 atom stereocenters. The number of aromatic nitrogens is 2. The van der Waals surface area contributed by atoms with E-state index in [2.05, 4.69) is 25.8 Å². The number of sulfonamides is 1. The van der Waals surface area contributed by atoms with Crippen LogP contribution in [0.1, 0.15) is 5.56 Å². The Labute approximate surface area is 114 Å². The van der Waals surface area contributed by atoms with E-state index in [0.29, 0.717) is 0 Å².